The van der Waals surface area contributed by atoms with Crippen LogP contribution in [0.5, 0.6) is 5.75 Å². The average molecular weight is 348 g/mol. The van der Waals surface area contributed by atoms with E-state index in [0.717, 1.165) is 17.7 Å². The Morgan fingerprint density at radius 3 is 2.50 bits per heavy atom. The third kappa shape index (κ3) is 5.06. The summed E-state index contributed by atoms with van der Waals surface area (Å²) in [5.41, 5.74) is 1.67. The van der Waals surface area contributed by atoms with E-state index in [-0.39, 0.29) is 6.54 Å². The Hall–Kier alpha value is -1.89. The highest BCUT2D eigenvalue weighted by atomic mass is 32.2. The highest BCUT2D eigenvalue weighted by molar-refractivity contribution is 7.89. The molecule has 130 valence electrons. The molecule has 0 spiro atoms. The average Bonchev–Trinajstić information content (AvgIpc) is 2.61. The minimum absolute atomic E-state index is 0.266. The van der Waals surface area contributed by atoms with Crippen molar-refractivity contribution >= 4 is 10.0 Å². The highest BCUT2D eigenvalue weighted by Gasteiger charge is 2.18. The standard InChI is InChI=1S/C18H24N2O3S/c1-3-19-12-11-16-13-17(23-2)9-10-18(16)24(21,22)20-14-15-7-5-4-6-8-15/h4-10,13,19-20H,3,11-12,14H2,1-2H3. The first-order valence-corrected chi connectivity index (χ1v) is 9.46. The molecular weight excluding hydrogens is 324 g/mol. The van der Waals surface area contributed by atoms with E-state index in [2.05, 4.69) is 10.0 Å². The fourth-order valence-corrected chi connectivity index (χ4v) is 3.66. The number of benzene rings is 2. The highest BCUT2D eigenvalue weighted by Crippen LogP contribution is 2.22. The third-order valence-electron chi connectivity index (χ3n) is 3.69. The monoisotopic (exact) mass is 348 g/mol. The van der Waals surface area contributed by atoms with Crippen LogP contribution < -0.4 is 14.8 Å². The van der Waals surface area contributed by atoms with Gasteiger partial charge in [0.2, 0.25) is 10.0 Å². The molecule has 0 heterocycles. The largest absolute Gasteiger partial charge is 0.497 e. The second-order valence-corrected chi connectivity index (χ2v) is 7.12. The van der Waals surface area contributed by atoms with E-state index in [1.54, 1.807) is 25.3 Å². The molecule has 2 aromatic carbocycles. The van der Waals surface area contributed by atoms with Crippen molar-refractivity contribution in [3.63, 3.8) is 0 Å². The lowest BCUT2D eigenvalue weighted by Gasteiger charge is -2.13. The summed E-state index contributed by atoms with van der Waals surface area (Å²) >= 11 is 0. The normalized spacial score (nSPS) is 11.4. The zero-order valence-corrected chi connectivity index (χ0v) is 14.9. The maximum Gasteiger partial charge on any atom is 0.241 e. The molecule has 2 N–H and O–H groups in total. The van der Waals surface area contributed by atoms with E-state index in [4.69, 9.17) is 4.74 Å². The Bertz CT molecular complexity index is 746. The van der Waals surface area contributed by atoms with Crippen LogP contribution in [0.1, 0.15) is 18.1 Å². The molecular formula is C18H24N2O3S. The number of methoxy groups -OCH3 is 1. The van der Waals surface area contributed by atoms with Crippen molar-refractivity contribution in [2.75, 3.05) is 20.2 Å². The first kappa shape index (κ1) is 18.4. The number of rotatable bonds is 9. The fourth-order valence-electron chi connectivity index (χ4n) is 2.39. The van der Waals surface area contributed by atoms with Crippen LogP contribution in [0.3, 0.4) is 0 Å². The molecule has 0 fully saturated rings. The first-order valence-electron chi connectivity index (χ1n) is 7.98. The van der Waals surface area contributed by atoms with E-state index in [9.17, 15) is 8.42 Å². The molecule has 2 aromatic rings. The summed E-state index contributed by atoms with van der Waals surface area (Å²) in [5, 5.41) is 3.21. The maximum absolute atomic E-state index is 12.7. The van der Waals surface area contributed by atoms with Crippen LogP contribution in [0, 0.1) is 0 Å². The number of hydrogen-bond donors (Lipinski definition) is 2. The molecule has 0 aliphatic heterocycles. The van der Waals surface area contributed by atoms with E-state index in [0.29, 0.717) is 23.6 Å². The molecule has 0 saturated carbocycles. The number of sulfonamides is 1. The van der Waals surface area contributed by atoms with Gasteiger partial charge in [0.05, 0.1) is 12.0 Å². The zero-order valence-electron chi connectivity index (χ0n) is 14.1. The molecule has 0 bridgehead atoms. The van der Waals surface area contributed by atoms with Crippen LogP contribution in [0.25, 0.3) is 0 Å². The van der Waals surface area contributed by atoms with Crippen molar-refractivity contribution in [2.45, 2.75) is 24.8 Å². The van der Waals surface area contributed by atoms with Crippen molar-refractivity contribution in [3.05, 3.63) is 59.7 Å². The van der Waals surface area contributed by atoms with E-state index in [1.165, 1.54) is 0 Å². The number of hydrogen-bond acceptors (Lipinski definition) is 4. The fraction of sp³-hybridized carbons (Fsp3) is 0.333. The molecule has 6 heteroatoms. The van der Waals surface area contributed by atoms with E-state index in [1.807, 2.05) is 37.3 Å². The Labute approximate surface area is 144 Å². The van der Waals surface area contributed by atoms with Crippen LogP contribution in [0.4, 0.5) is 0 Å². The van der Waals surface area contributed by atoms with Gasteiger partial charge in [-0.05, 0) is 48.8 Å². The summed E-state index contributed by atoms with van der Waals surface area (Å²) in [6.45, 7) is 3.84. The van der Waals surface area contributed by atoms with Crippen molar-refractivity contribution < 1.29 is 13.2 Å². The summed E-state index contributed by atoms with van der Waals surface area (Å²) in [7, 11) is -2.01. The van der Waals surface area contributed by atoms with Gasteiger partial charge < -0.3 is 10.1 Å². The van der Waals surface area contributed by atoms with Gasteiger partial charge >= 0.3 is 0 Å². The van der Waals surface area contributed by atoms with Gasteiger partial charge in [-0.3, -0.25) is 0 Å². The molecule has 0 aromatic heterocycles. The molecule has 0 amide bonds. The third-order valence-corrected chi connectivity index (χ3v) is 5.19. The van der Waals surface area contributed by atoms with Gasteiger partial charge in [0.1, 0.15) is 5.75 Å². The lowest BCUT2D eigenvalue weighted by atomic mass is 10.1. The minimum Gasteiger partial charge on any atom is -0.497 e. The molecule has 0 saturated heterocycles. The quantitative estimate of drug-likeness (QED) is 0.683. The van der Waals surface area contributed by atoms with E-state index >= 15 is 0 Å². The van der Waals surface area contributed by atoms with Crippen LogP contribution in [0.15, 0.2) is 53.4 Å². The second-order valence-electron chi connectivity index (χ2n) is 5.39. The molecule has 24 heavy (non-hydrogen) atoms. The molecule has 0 radical (unpaired) electrons. The van der Waals surface area contributed by atoms with Gasteiger partial charge in [-0.1, -0.05) is 37.3 Å². The van der Waals surface area contributed by atoms with Crippen molar-refractivity contribution in [1.29, 1.82) is 0 Å². The summed E-state index contributed by atoms with van der Waals surface area (Å²) in [5.74, 6) is 0.656. The van der Waals surface area contributed by atoms with Gasteiger partial charge in [-0.25, -0.2) is 13.1 Å². The number of nitrogens with one attached hydrogen (secondary N) is 2. The molecule has 5 nitrogen and oxygen atoms in total. The Morgan fingerprint density at radius 2 is 1.83 bits per heavy atom. The number of likely N-dealkylation sites (N-methyl/N-ethyl adjacent to an activating group) is 1. The van der Waals surface area contributed by atoms with Crippen LogP contribution in [-0.2, 0) is 23.0 Å². The van der Waals surface area contributed by atoms with Gasteiger partial charge in [-0.2, -0.15) is 0 Å². The van der Waals surface area contributed by atoms with Crippen LogP contribution >= 0.6 is 0 Å². The molecule has 0 aliphatic rings. The summed E-state index contributed by atoms with van der Waals surface area (Å²) in [4.78, 5) is 0.303. The summed E-state index contributed by atoms with van der Waals surface area (Å²) in [6, 6.07) is 14.5. The Balaban J connectivity index is 2.20. The lowest BCUT2D eigenvalue weighted by molar-refractivity contribution is 0.413. The Morgan fingerprint density at radius 1 is 1.08 bits per heavy atom. The summed E-state index contributed by atoms with van der Waals surface area (Å²) < 4.78 is 33.3. The van der Waals surface area contributed by atoms with Crippen LogP contribution in [-0.4, -0.2) is 28.6 Å². The molecule has 2 rings (SSSR count). The molecule has 0 unspecified atom stereocenters. The van der Waals surface area contributed by atoms with Crippen molar-refractivity contribution in [2.24, 2.45) is 0 Å². The van der Waals surface area contributed by atoms with Crippen molar-refractivity contribution in [1.82, 2.24) is 10.0 Å². The topological polar surface area (TPSA) is 67.4 Å². The first-order chi connectivity index (χ1) is 11.6. The van der Waals surface area contributed by atoms with E-state index < -0.39 is 10.0 Å². The Kier molecular flexibility index (Phi) is 6.78. The smallest absolute Gasteiger partial charge is 0.241 e. The van der Waals surface area contributed by atoms with Gasteiger partial charge in [0, 0.05) is 6.54 Å². The van der Waals surface area contributed by atoms with Crippen LogP contribution in [0.2, 0.25) is 0 Å². The SMILES string of the molecule is CCNCCc1cc(OC)ccc1S(=O)(=O)NCc1ccccc1. The second kappa shape index (κ2) is 8.82. The van der Waals surface area contributed by atoms with Gasteiger partial charge in [-0.15, -0.1) is 0 Å². The summed E-state index contributed by atoms with van der Waals surface area (Å²) in [6.07, 6.45) is 0.618. The zero-order chi connectivity index (χ0) is 17.4. The van der Waals surface area contributed by atoms with Gasteiger partial charge in [0.25, 0.3) is 0 Å². The van der Waals surface area contributed by atoms with Gasteiger partial charge in [0.15, 0.2) is 0 Å². The van der Waals surface area contributed by atoms with Crippen molar-refractivity contribution in [3.8, 4) is 5.75 Å². The maximum atomic E-state index is 12.7. The minimum atomic E-state index is -3.58. The predicted octanol–water partition coefficient (Wildman–Crippen LogP) is 2.33. The number of ether oxygens (including phenoxy) is 1. The predicted molar refractivity (Wildman–Crippen MR) is 95.7 cm³/mol. The lowest BCUT2D eigenvalue weighted by Crippen LogP contribution is -2.25. The molecule has 0 aliphatic carbocycles. The molecule has 0 atom stereocenters.